The van der Waals surface area contributed by atoms with Crippen LogP contribution >= 0.6 is 0 Å². The number of hydrogen-bond acceptors (Lipinski definition) is 3. The van der Waals surface area contributed by atoms with Gasteiger partial charge < -0.3 is 9.84 Å². The molecule has 4 heteroatoms. The number of carboxylic acids is 1. The first-order valence-corrected chi connectivity index (χ1v) is 6.76. The van der Waals surface area contributed by atoms with Crippen LogP contribution in [0.15, 0.2) is 0 Å². The molecule has 2 aliphatic rings. The van der Waals surface area contributed by atoms with E-state index in [1.54, 1.807) is 0 Å². The first-order chi connectivity index (χ1) is 8.15. The molecule has 2 fully saturated rings. The zero-order valence-corrected chi connectivity index (χ0v) is 10.6. The van der Waals surface area contributed by atoms with E-state index >= 15 is 0 Å². The fourth-order valence-electron chi connectivity index (χ4n) is 3.07. The van der Waals surface area contributed by atoms with Crippen molar-refractivity contribution >= 4 is 5.97 Å². The first kappa shape index (κ1) is 12.8. The van der Waals surface area contributed by atoms with Crippen LogP contribution in [0.1, 0.15) is 45.4 Å². The molecule has 98 valence electrons. The smallest absolute Gasteiger partial charge is 0.317 e. The Hall–Kier alpha value is -0.610. The van der Waals surface area contributed by atoms with Crippen LogP contribution in [0, 0.1) is 0 Å². The molecule has 0 aromatic carbocycles. The Morgan fingerprint density at radius 3 is 2.53 bits per heavy atom. The largest absolute Gasteiger partial charge is 0.480 e. The molecule has 1 aliphatic heterocycles. The van der Waals surface area contributed by atoms with Gasteiger partial charge >= 0.3 is 5.97 Å². The van der Waals surface area contributed by atoms with E-state index < -0.39 is 5.97 Å². The van der Waals surface area contributed by atoms with Gasteiger partial charge in [-0.05, 0) is 32.6 Å². The highest BCUT2D eigenvalue weighted by molar-refractivity contribution is 5.69. The molecule has 2 rings (SSSR count). The van der Waals surface area contributed by atoms with Gasteiger partial charge in [0, 0.05) is 12.6 Å². The second kappa shape index (κ2) is 5.83. The molecule has 0 amide bonds. The minimum atomic E-state index is -0.719. The molecule has 2 unspecified atom stereocenters. The molecule has 1 N–H and O–H groups in total. The summed E-state index contributed by atoms with van der Waals surface area (Å²) in [5.74, 6) is -0.719. The summed E-state index contributed by atoms with van der Waals surface area (Å²) in [5.41, 5.74) is 0. The summed E-state index contributed by atoms with van der Waals surface area (Å²) < 4.78 is 5.80. The average Bonchev–Trinajstić information content (AvgIpc) is 2.87. The van der Waals surface area contributed by atoms with Gasteiger partial charge in [0.05, 0.1) is 18.8 Å². The molecular weight excluding hydrogens is 218 g/mol. The van der Waals surface area contributed by atoms with E-state index in [4.69, 9.17) is 9.84 Å². The summed E-state index contributed by atoms with van der Waals surface area (Å²) in [6, 6.07) is 0.464. The van der Waals surface area contributed by atoms with Gasteiger partial charge in [0.15, 0.2) is 0 Å². The highest BCUT2D eigenvalue weighted by Crippen LogP contribution is 2.26. The van der Waals surface area contributed by atoms with Gasteiger partial charge in [0.2, 0.25) is 0 Å². The number of ether oxygens (including phenoxy) is 1. The molecular formula is C13H23NO3. The molecule has 4 nitrogen and oxygen atoms in total. The highest BCUT2D eigenvalue weighted by Gasteiger charge is 2.29. The number of aliphatic carboxylic acids is 1. The maximum Gasteiger partial charge on any atom is 0.317 e. The molecule has 0 aromatic heterocycles. The molecule has 0 spiro atoms. The summed E-state index contributed by atoms with van der Waals surface area (Å²) in [4.78, 5) is 13.0. The molecule has 17 heavy (non-hydrogen) atoms. The van der Waals surface area contributed by atoms with Gasteiger partial charge in [0.1, 0.15) is 0 Å². The van der Waals surface area contributed by atoms with Crippen LogP contribution in [-0.2, 0) is 9.53 Å². The molecule has 1 heterocycles. The molecule has 0 bridgehead atoms. The Kier molecular flexibility index (Phi) is 4.40. The number of nitrogens with zero attached hydrogens (tertiary/aromatic N) is 1. The molecule has 1 saturated heterocycles. The van der Waals surface area contributed by atoms with Crippen molar-refractivity contribution in [3.63, 3.8) is 0 Å². The fraction of sp³-hybridized carbons (Fsp3) is 0.923. The van der Waals surface area contributed by atoms with E-state index in [-0.39, 0.29) is 12.6 Å². The number of rotatable bonds is 5. The maximum atomic E-state index is 10.9. The lowest BCUT2D eigenvalue weighted by Crippen LogP contribution is -2.42. The summed E-state index contributed by atoms with van der Waals surface area (Å²) >= 11 is 0. The van der Waals surface area contributed by atoms with Crippen LogP contribution in [0.4, 0.5) is 0 Å². The fourth-order valence-corrected chi connectivity index (χ4v) is 3.07. The second-order valence-corrected chi connectivity index (χ2v) is 5.41. The van der Waals surface area contributed by atoms with Crippen molar-refractivity contribution in [2.45, 2.75) is 63.7 Å². The highest BCUT2D eigenvalue weighted by atomic mass is 16.5. The van der Waals surface area contributed by atoms with Gasteiger partial charge in [-0.2, -0.15) is 0 Å². The van der Waals surface area contributed by atoms with Gasteiger partial charge in [-0.1, -0.05) is 12.8 Å². The van der Waals surface area contributed by atoms with Crippen molar-refractivity contribution in [2.75, 3.05) is 13.1 Å². The topological polar surface area (TPSA) is 49.8 Å². The number of hydrogen-bond donors (Lipinski definition) is 1. The molecule has 0 radical (unpaired) electrons. The van der Waals surface area contributed by atoms with E-state index in [2.05, 4.69) is 11.8 Å². The van der Waals surface area contributed by atoms with Crippen molar-refractivity contribution in [1.82, 2.24) is 4.90 Å². The zero-order valence-electron chi connectivity index (χ0n) is 10.6. The Morgan fingerprint density at radius 2 is 2.00 bits per heavy atom. The Morgan fingerprint density at radius 1 is 1.29 bits per heavy atom. The minimum absolute atomic E-state index is 0.166. The molecule has 0 aromatic rings. The monoisotopic (exact) mass is 241 g/mol. The number of carbonyl (C=O) groups is 1. The Balaban J connectivity index is 1.87. The van der Waals surface area contributed by atoms with Crippen molar-refractivity contribution in [3.05, 3.63) is 0 Å². The molecule has 1 saturated carbocycles. The van der Waals surface area contributed by atoms with E-state index in [0.29, 0.717) is 12.1 Å². The Bertz CT molecular complexity index is 263. The SMILES string of the molecule is CC1CCC(CN(CC(=O)O)C2CCCC2)O1. The van der Waals surface area contributed by atoms with Crippen molar-refractivity contribution in [3.8, 4) is 0 Å². The normalized spacial score (nSPS) is 30.2. The van der Waals surface area contributed by atoms with Crippen LogP contribution in [0.2, 0.25) is 0 Å². The summed E-state index contributed by atoms with van der Waals surface area (Å²) in [6.45, 7) is 3.05. The predicted octanol–water partition coefficient (Wildman–Crippen LogP) is 1.88. The lowest BCUT2D eigenvalue weighted by Gasteiger charge is -2.29. The van der Waals surface area contributed by atoms with E-state index in [9.17, 15) is 4.79 Å². The van der Waals surface area contributed by atoms with Gasteiger partial charge in [-0.15, -0.1) is 0 Å². The quantitative estimate of drug-likeness (QED) is 0.798. The average molecular weight is 241 g/mol. The summed E-state index contributed by atoms with van der Waals surface area (Å²) in [6.07, 6.45) is 7.54. The lowest BCUT2D eigenvalue weighted by molar-refractivity contribution is -0.139. The van der Waals surface area contributed by atoms with Crippen molar-refractivity contribution < 1.29 is 14.6 Å². The van der Waals surface area contributed by atoms with Gasteiger partial charge in [-0.25, -0.2) is 0 Å². The number of carboxylic acid groups (broad SMARTS) is 1. The van der Waals surface area contributed by atoms with E-state index in [0.717, 1.165) is 32.2 Å². The third-order valence-corrected chi connectivity index (χ3v) is 3.94. The third-order valence-electron chi connectivity index (χ3n) is 3.94. The van der Waals surface area contributed by atoms with Crippen molar-refractivity contribution in [1.29, 1.82) is 0 Å². The van der Waals surface area contributed by atoms with Gasteiger partial charge in [0.25, 0.3) is 0 Å². The second-order valence-electron chi connectivity index (χ2n) is 5.41. The minimum Gasteiger partial charge on any atom is -0.480 e. The van der Waals surface area contributed by atoms with Crippen LogP contribution in [0.3, 0.4) is 0 Å². The Labute approximate surface area is 103 Å². The van der Waals surface area contributed by atoms with Crippen molar-refractivity contribution in [2.24, 2.45) is 0 Å². The third kappa shape index (κ3) is 3.68. The van der Waals surface area contributed by atoms with Crippen LogP contribution in [-0.4, -0.2) is 47.3 Å². The summed E-state index contributed by atoms with van der Waals surface area (Å²) in [5, 5.41) is 8.99. The molecule has 2 atom stereocenters. The first-order valence-electron chi connectivity index (χ1n) is 6.76. The van der Waals surface area contributed by atoms with E-state index in [1.807, 2.05) is 0 Å². The van der Waals surface area contributed by atoms with Crippen LogP contribution in [0.5, 0.6) is 0 Å². The maximum absolute atomic E-state index is 10.9. The van der Waals surface area contributed by atoms with Gasteiger partial charge in [-0.3, -0.25) is 9.69 Å². The van der Waals surface area contributed by atoms with E-state index in [1.165, 1.54) is 12.8 Å². The standard InChI is InChI=1S/C13H23NO3/c1-10-6-7-12(17-10)8-14(9-13(15)16)11-4-2-3-5-11/h10-12H,2-9H2,1H3,(H,15,16). The predicted molar refractivity (Wildman–Crippen MR) is 65.0 cm³/mol. The zero-order chi connectivity index (χ0) is 12.3. The van der Waals surface area contributed by atoms with Crippen LogP contribution in [0.25, 0.3) is 0 Å². The van der Waals surface area contributed by atoms with Crippen LogP contribution < -0.4 is 0 Å². The molecule has 1 aliphatic carbocycles. The lowest BCUT2D eigenvalue weighted by atomic mass is 10.1. The summed E-state index contributed by atoms with van der Waals surface area (Å²) in [7, 11) is 0.